The molecule has 0 spiro atoms. The Balaban J connectivity index is 1.50. The highest BCUT2D eigenvalue weighted by atomic mass is 35.5. The van der Waals surface area contributed by atoms with Crippen LogP contribution in [0.25, 0.3) is 0 Å². The number of fused-ring (bicyclic) bond motifs is 1. The van der Waals surface area contributed by atoms with E-state index in [1.807, 2.05) is 86.6 Å². The van der Waals surface area contributed by atoms with Gasteiger partial charge in [0.05, 0.1) is 12.2 Å². The van der Waals surface area contributed by atoms with E-state index < -0.39 is 6.04 Å². The molecule has 1 aliphatic rings. The first-order chi connectivity index (χ1) is 18.0. The lowest BCUT2D eigenvalue weighted by Gasteiger charge is -2.28. The summed E-state index contributed by atoms with van der Waals surface area (Å²) in [5.41, 5.74) is 3.45. The van der Waals surface area contributed by atoms with Crippen LogP contribution in [0.1, 0.15) is 31.0 Å². The third-order valence-electron chi connectivity index (χ3n) is 5.91. The summed E-state index contributed by atoms with van der Waals surface area (Å²) < 4.78 is 13.6. The Labute approximate surface area is 219 Å². The summed E-state index contributed by atoms with van der Waals surface area (Å²) in [5, 5.41) is 18.8. The van der Waals surface area contributed by atoms with E-state index in [9.17, 15) is 4.79 Å². The smallest absolute Gasteiger partial charge is 0.255 e. The second-order valence-electron chi connectivity index (χ2n) is 8.35. The van der Waals surface area contributed by atoms with Gasteiger partial charge in [-0.15, -0.1) is 0 Å². The van der Waals surface area contributed by atoms with Crippen molar-refractivity contribution in [2.24, 2.45) is 0 Å². The molecule has 0 radical (unpaired) electrons. The van der Waals surface area contributed by atoms with Crippen molar-refractivity contribution in [3.63, 3.8) is 0 Å². The maximum atomic E-state index is 13.5. The van der Waals surface area contributed by atoms with Crippen LogP contribution in [-0.2, 0) is 11.4 Å². The van der Waals surface area contributed by atoms with Crippen molar-refractivity contribution >= 4 is 29.1 Å². The Bertz CT molecular complexity index is 1450. The van der Waals surface area contributed by atoms with Gasteiger partial charge in [-0.2, -0.15) is 4.68 Å². The van der Waals surface area contributed by atoms with Crippen molar-refractivity contribution in [3.8, 4) is 11.5 Å². The Morgan fingerprint density at radius 3 is 2.62 bits per heavy atom. The highest BCUT2D eigenvalue weighted by Gasteiger charge is 2.34. The molecule has 2 N–H and O–H groups in total. The van der Waals surface area contributed by atoms with Gasteiger partial charge in [0.2, 0.25) is 5.95 Å². The molecule has 4 aromatic rings. The second-order valence-corrected chi connectivity index (χ2v) is 8.76. The molecular weight excluding hydrogens is 492 g/mol. The van der Waals surface area contributed by atoms with Crippen LogP contribution in [0.5, 0.6) is 11.5 Å². The molecule has 1 unspecified atom stereocenters. The van der Waals surface area contributed by atoms with E-state index in [2.05, 4.69) is 26.2 Å². The number of hydrogen-bond donors (Lipinski definition) is 2. The minimum absolute atomic E-state index is 0.264. The fraction of sp³-hybridized carbons (Fsp3) is 0.185. The summed E-state index contributed by atoms with van der Waals surface area (Å²) in [6.07, 6.45) is 0. The van der Waals surface area contributed by atoms with Gasteiger partial charge in [-0.25, -0.2) is 0 Å². The average molecular weight is 517 g/mol. The number of aromatic nitrogens is 4. The Morgan fingerprint density at radius 1 is 1.05 bits per heavy atom. The summed E-state index contributed by atoms with van der Waals surface area (Å²) in [5.74, 6) is 1.28. The van der Waals surface area contributed by atoms with Crippen LogP contribution in [0.4, 0.5) is 11.6 Å². The summed E-state index contributed by atoms with van der Waals surface area (Å²) in [6.45, 7) is 4.45. The van der Waals surface area contributed by atoms with Gasteiger partial charge in [-0.1, -0.05) is 59.2 Å². The van der Waals surface area contributed by atoms with Crippen LogP contribution in [0.3, 0.4) is 0 Å². The molecule has 2 heterocycles. The molecular formula is C27H25ClN6O3. The fourth-order valence-electron chi connectivity index (χ4n) is 4.19. The van der Waals surface area contributed by atoms with Crippen molar-refractivity contribution in [1.82, 2.24) is 20.2 Å². The van der Waals surface area contributed by atoms with Gasteiger partial charge >= 0.3 is 0 Å². The predicted octanol–water partition coefficient (Wildman–Crippen LogP) is 5.23. The van der Waals surface area contributed by atoms with Crippen molar-refractivity contribution in [1.29, 1.82) is 0 Å². The van der Waals surface area contributed by atoms with E-state index in [0.717, 1.165) is 11.1 Å². The highest BCUT2D eigenvalue weighted by Crippen LogP contribution is 2.39. The van der Waals surface area contributed by atoms with Gasteiger partial charge in [0.1, 0.15) is 12.6 Å². The summed E-state index contributed by atoms with van der Waals surface area (Å²) in [4.78, 5) is 13.5. The molecule has 10 heteroatoms. The number of rotatable bonds is 8. The number of anilines is 2. The minimum atomic E-state index is -0.591. The van der Waals surface area contributed by atoms with Crippen LogP contribution >= 0.6 is 11.6 Å². The molecule has 0 saturated heterocycles. The number of carbonyl (C=O) groups is 1. The summed E-state index contributed by atoms with van der Waals surface area (Å²) in [6, 6.07) is 21.8. The first kappa shape index (κ1) is 24.3. The van der Waals surface area contributed by atoms with Crippen molar-refractivity contribution in [2.75, 3.05) is 17.2 Å². The molecule has 5 rings (SSSR count). The summed E-state index contributed by atoms with van der Waals surface area (Å²) in [7, 11) is 0. The third kappa shape index (κ3) is 5.12. The van der Waals surface area contributed by atoms with Crippen LogP contribution in [0.15, 0.2) is 84.1 Å². The van der Waals surface area contributed by atoms with Crippen LogP contribution in [0, 0.1) is 0 Å². The van der Waals surface area contributed by atoms with Gasteiger partial charge in [0.15, 0.2) is 11.5 Å². The second kappa shape index (κ2) is 10.7. The molecule has 9 nitrogen and oxygen atoms in total. The topological polar surface area (TPSA) is 103 Å². The lowest BCUT2D eigenvalue weighted by atomic mass is 9.94. The highest BCUT2D eigenvalue weighted by molar-refractivity contribution is 6.31. The molecule has 1 aromatic heterocycles. The number of amides is 1. The quantitative estimate of drug-likeness (QED) is 0.330. The van der Waals surface area contributed by atoms with Crippen molar-refractivity contribution in [3.05, 3.63) is 100 Å². The van der Waals surface area contributed by atoms with E-state index >= 15 is 0 Å². The monoisotopic (exact) mass is 516 g/mol. The number of tetrazole rings is 1. The van der Waals surface area contributed by atoms with Crippen LogP contribution < -0.4 is 20.1 Å². The normalized spacial score (nSPS) is 14.5. The zero-order valence-corrected chi connectivity index (χ0v) is 21.1. The van der Waals surface area contributed by atoms with Crippen LogP contribution in [0.2, 0.25) is 5.02 Å². The number of para-hydroxylation sites is 1. The molecule has 0 saturated carbocycles. The van der Waals surface area contributed by atoms with E-state index in [4.69, 9.17) is 21.1 Å². The number of allylic oxidation sites excluding steroid dienone is 1. The number of halogens is 1. The molecule has 0 fully saturated rings. The largest absolute Gasteiger partial charge is 0.490 e. The Kier molecular flexibility index (Phi) is 7.04. The molecule has 1 atom stereocenters. The van der Waals surface area contributed by atoms with Gasteiger partial charge in [0, 0.05) is 22.0 Å². The number of hydrogen-bond acceptors (Lipinski definition) is 7. The number of benzene rings is 3. The van der Waals surface area contributed by atoms with Crippen molar-refractivity contribution in [2.45, 2.75) is 26.5 Å². The van der Waals surface area contributed by atoms with E-state index in [0.29, 0.717) is 46.0 Å². The van der Waals surface area contributed by atoms with Crippen LogP contribution in [-0.4, -0.2) is 32.7 Å². The molecule has 188 valence electrons. The van der Waals surface area contributed by atoms with Gasteiger partial charge in [-0.05, 0) is 60.2 Å². The lowest BCUT2D eigenvalue weighted by Crippen LogP contribution is -2.31. The number of nitrogens with zero attached hydrogens (tertiary/aromatic N) is 4. The zero-order chi connectivity index (χ0) is 25.8. The maximum absolute atomic E-state index is 13.5. The minimum Gasteiger partial charge on any atom is -0.490 e. The van der Waals surface area contributed by atoms with Crippen molar-refractivity contribution < 1.29 is 14.3 Å². The Morgan fingerprint density at radius 2 is 1.84 bits per heavy atom. The SMILES string of the molecule is CCOc1cc(C2C(C(=O)Nc3ccccc3)=C(C)Nc3nnnn32)ccc1OCc1ccccc1Cl. The lowest BCUT2D eigenvalue weighted by molar-refractivity contribution is -0.113. The molecule has 37 heavy (non-hydrogen) atoms. The first-order valence-corrected chi connectivity index (χ1v) is 12.2. The Hall–Kier alpha value is -4.37. The number of carbonyl (C=O) groups excluding carboxylic acids is 1. The van der Waals surface area contributed by atoms with Gasteiger partial charge in [-0.3, -0.25) is 4.79 Å². The van der Waals surface area contributed by atoms with E-state index in [-0.39, 0.29) is 12.5 Å². The van der Waals surface area contributed by atoms with E-state index in [1.165, 1.54) is 0 Å². The molecule has 0 bridgehead atoms. The third-order valence-corrected chi connectivity index (χ3v) is 6.28. The molecule has 1 aliphatic heterocycles. The standard InChI is InChI=1S/C27H25ClN6O3/c1-3-36-23-15-18(13-14-22(23)37-16-19-9-7-8-12-21(19)28)25-24(17(2)29-27-31-32-33-34(25)27)26(35)30-20-10-5-4-6-11-20/h4-15,25H,3,16H2,1-2H3,(H,30,35)(H,29,31,33). The molecule has 1 amide bonds. The summed E-state index contributed by atoms with van der Waals surface area (Å²) >= 11 is 6.29. The molecule has 3 aromatic carbocycles. The van der Waals surface area contributed by atoms with Gasteiger partial charge in [0.25, 0.3) is 5.91 Å². The average Bonchev–Trinajstić information content (AvgIpc) is 3.36. The number of ether oxygens (including phenoxy) is 2. The molecule has 0 aliphatic carbocycles. The maximum Gasteiger partial charge on any atom is 0.255 e. The number of nitrogens with one attached hydrogen (secondary N) is 2. The zero-order valence-electron chi connectivity index (χ0n) is 20.3. The fourth-order valence-corrected chi connectivity index (χ4v) is 4.38. The predicted molar refractivity (Wildman–Crippen MR) is 141 cm³/mol. The van der Waals surface area contributed by atoms with Gasteiger partial charge < -0.3 is 20.1 Å². The van der Waals surface area contributed by atoms with E-state index in [1.54, 1.807) is 4.68 Å². The first-order valence-electron chi connectivity index (χ1n) is 11.8.